The van der Waals surface area contributed by atoms with Crippen LogP contribution in [0.15, 0.2) is 0 Å². The van der Waals surface area contributed by atoms with Gasteiger partial charge in [0.15, 0.2) is 0 Å². The molecule has 1 rings (SSSR count). The predicted molar refractivity (Wildman–Crippen MR) is 49.7 cm³/mol. The van der Waals surface area contributed by atoms with Crippen molar-refractivity contribution >= 4 is 0 Å². The van der Waals surface area contributed by atoms with Crippen molar-refractivity contribution in [2.75, 3.05) is 13.1 Å². The largest absolute Gasteiger partial charge is 0.316 e. The smallest absolute Gasteiger partial charge is 0.00154 e. The van der Waals surface area contributed by atoms with Crippen LogP contribution in [0.5, 0.6) is 0 Å². The molecule has 1 N–H and O–H groups in total. The van der Waals surface area contributed by atoms with E-state index in [0.717, 1.165) is 5.92 Å². The van der Waals surface area contributed by atoms with Gasteiger partial charge < -0.3 is 5.32 Å². The van der Waals surface area contributed by atoms with Gasteiger partial charge in [-0.25, -0.2) is 0 Å². The topological polar surface area (TPSA) is 12.0 Å². The number of piperidine rings is 1. The first-order chi connectivity index (χ1) is 5.23. The lowest BCUT2D eigenvalue weighted by atomic mass is 9.69. The maximum absolute atomic E-state index is 3.48. The zero-order valence-corrected chi connectivity index (χ0v) is 8.11. The van der Waals surface area contributed by atoms with Crippen LogP contribution in [0.3, 0.4) is 0 Å². The zero-order chi connectivity index (χ0) is 8.32. The van der Waals surface area contributed by atoms with Crippen LogP contribution >= 0.6 is 0 Å². The fourth-order valence-corrected chi connectivity index (χ4v) is 2.20. The monoisotopic (exact) mass is 155 g/mol. The molecule has 1 saturated heterocycles. The summed E-state index contributed by atoms with van der Waals surface area (Å²) in [4.78, 5) is 0. The standard InChI is InChI=1S/C10H21N/c1-4-9-8-11-7-6-10(9,3)5-2/h9,11H,4-8H2,1-3H3. The van der Waals surface area contributed by atoms with E-state index in [0.29, 0.717) is 5.41 Å². The minimum atomic E-state index is 0.625. The van der Waals surface area contributed by atoms with Crippen molar-refractivity contribution in [2.24, 2.45) is 11.3 Å². The van der Waals surface area contributed by atoms with Gasteiger partial charge in [-0.3, -0.25) is 0 Å². The highest BCUT2D eigenvalue weighted by Crippen LogP contribution is 2.38. The van der Waals surface area contributed by atoms with Crippen molar-refractivity contribution in [3.63, 3.8) is 0 Å². The number of rotatable bonds is 2. The molecule has 1 fully saturated rings. The van der Waals surface area contributed by atoms with Gasteiger partial charge in [0.2, 0.25) is 0 Å². The molecule has 0 aliphatic carbocycles. The van der Waals surface area contributed by atoms with Crippen LogP contribution < -0.4 is 5.32 Å². The first-order valence-electron chi connectivity index (χ1n) is 4.93. The van der Waals surface area contributed by atoms with Crippen molar-refractivity contribution in [2.45, 2.75) is 40.0 Å². The average Bonchev–Trinajstić information content (AvgIpc) is 2.05. The summed E-state index contributed by atoms with van der Waals surface area (Å²) in [5.74, 6) is 0.904. The Morgan fingerprint density at radius 1 is 1.45 bits per heavy atom. The van der Waals surface area contributed by atoms with Gasteiger partial charge in [-0.1, -0.05) is 33.6 Å². The van der Waals surface area contributed by atoms with Gasteiger partial charge in [-0.2, -0.15) is 0 Å². The third-order valence-electron chi connectivity index (χ3n) is 3.55. The minimum absolute atomic E-state index is 0.625. The van der Waals surface area contributed by atoms with Crippen LogP contribution in [0.4, 0.5) is 0 Å². The Balaban J connectivity index is 2.57. The normalized spacial score (nSPS) is 39.0. The van der Waals surface area contributed by atoms with E-state index >= 15 is 0 Å². The van der Waals surface area contributed by atoms with E-state index in [1.54, 1.807) is 0 Å². The van der Waals surface area contributed by atoms with Gasteiger partial charge in [-0.15, -0.1) is 0 Å². The molecule has 0 amide bonds. The van der Waals surface area contributed by atoms with Crippen LogP contribution in [0.2, 0.25) is 0 Å². The van der Waals surface area contributed by atoms with E-state index in [1.165, 1.54) is 32.4 Å². The number of hydrogen-bond donors (Lipinski definition) is 1. The molecule has 1 nitrogen and oxygen atoms in total. The Bertz CT molecular complexity index is 122. The average molecular weight is 155 g/mol. The summed E-state index contributed by atoms with van der Waals surface area (Å²) in [6.07, 6.45) is 4.03. The molecule has 0 aromatic carbocycles. The first-order valence-corrected chi connectivity index (χ1v) is 4.93. The van der Waals surface area contributed by atoms with Crippen molar-refractivity contribution in [1.82, 2.24) is 5.32 Å². The van der Waals surface area contributed by atoms with Crippen molar-refractivity contribution in [1.29, 1.82) is 0 Å². The molecule has 1 aliphatic rings. The maximum atomic E-state index is 3.48. The lowest BCUT2D eigenvalue weighted by molar-refractivity contribution is 0.120. The second kappa shape index (κ2) is 3.57. The van der Waals surface area contributed by atoms with Crippen LogP contribution in [0.25, 0.3) is 0 Å². The molecule has 2 atom stereocenters. The summed E-state index contributed by atoms with van der Waals surface area (Å²) in [5, 5.41) is 3.48. The second-order valence-corrected chi connectivity index (χ2v) is 4.07. The molecule has 0 bridgehead atoms. The molecule has 1 heterocycles. The molecule has 0 spiro atoms. The second-order valence-electron chi connectivity index (χ2n) is 4.07. The fraction of sp³-hybridized carbons (Fsp3) is 1.00. The quantitative estimate of drug-likeness (QED) is 0.646. The third kappa shape index (κ3) is 1.76. The highest BCUT2D eigenvalue weighted by Gasteiger charge is 2.33. The Morgan fingerprint density at radius 2 is 2.18 bits per heavy atom. The Labute approximate surface area is 70.6 Å². The highest BCUT2D eigenvalue weighted by molar-refractivity contribution is 4.86. The van der Waals surface area contributed by atoms with Crippen molar-refractivity contribution in [3.8, 4) is 0 Å². The lowest BCUT2D eigenvalue weighted by Crippen LogP contribution is -2.42. The summed E-state index contributed by atoms with van der Waals surface area (Å²) < 4.78 is 0. The van der Waals surface area contributed by atoms with E-state index in [1.807, 2.05) is 0 Å². The summed E-state index contributed by atoms with van der Waals surface area (Å²) in [6.45, 7) is 9.54. The Hall–Kier alpha value is -0.0400. The Kier molecular flexibility index (Phi) is 2.94. The molecular weight excluding hydrogens is 134 g/mol. The van der Waals surface area contributed by atoms with E-state index in [9.17, 15) is 0 Å². The van der Waals surface area contributed by atoms with Gasteiger partial charge in [0.25, 0.3) is 0 Å². The van der Waals surface area contributed by atoms with E-state index in [2.05, 4.69) is 26.1 Å². The van der Waals surface area contributed by atoms with Gasteiger partial charge in [0.05, 0.1) is 0 Å². The molecule has 1 aliphatic heterocycles. The summed E-state index contributed by atoms with van der Waals surface area (Å²) in [6, 6.07) is 0. The molecule has 0 aromatic rings. The summed E-state index contributed by atoms with van der Waals surface area (Å²) in [7, 11) is 0. The van der Waals surface area contributed by atoms with Crippen LogP contribution in [0.1, 0.15) is 40.0 Å². The van der Waals surface area contributed by atoms with Gasteiger partial charge >= 0.3 is 0 Å². The minimum Gasteiger partial charge on any atom is -0.316 e. The first kappa shape index (κ1) is 9.05. The molecule has 0 saturated carbocycles. The van der Waals surface area contributed by atoms with E-state index in [4.69, 9.17) is 0 Å². The van der Waals surface area contributed by atoms with Gasteiger partial charge in [-0.05, 0) is 30.8 Å². The summed E-state index contributed by atoms with van der Waals surface area (Å²) in [5.41, 5.74) is 0.625. The molecule has 11 heavy (non-hydrogen) atoms. The maximum Gasteiger partial charge on any atom is -0.00154 e. The molecule has 1 heteroatoms. The zero-order valence-electron chi connectivity index (χ0n) is 8.11. The third-order valence-corrected chi connectivity index (χ3v) is 3.55. The summed E-state index contributed by atoms with van der Waals surface area (Å²) >= 11 is 0. The predicted octanol–water partition coefficient (Wildman–Crippen LogP) is 2.42. The molecular formula is C10H21N. The van der Waals surface area contributed by atoms with Gasteiger partial charge in [0, 0.05) is 0 Å². The van der Waals surface area contributed by atoms with Gasteiger partial charge in [0.1, 0.15) is 0 Å². The highest BCUT2D eigenvalue weighted by atomic mass is 14.9. The Morgan fingerprint density at radius 3 is 2.64 bits per heavy atom. The molecule has 0 radical (unpaired) electrons. The SMILES string of the molecule is CCC1CNCCC1(C)CC. The van der Waals surface area contributed by atoms with Crippen LogP contribution in [0, 0.1) is 11.3 Å². The number of nitrogens with one attached hydrogen (secondary N) is 1. The lowest BCUT2D eigenvalue weighted by Gasteiger charge is -2.41. The van der Waals surface area contributed by atoms with Crippen molar-refractivity contribution < 1.29 is 0 Å². The molecule has 0 aromatic heterocycles. The molecule has 2 unspecified atom stereocenters. The van der Waals surface area contributed by atoms with E-state index in [-0.39, 0.29) is 0 Å². The molecule has 66 valence electrons. The van der Waals surface area contributed by atoms with Crippen LogP contribution in [-0.4, -0.2) is 13.1 Å². The van der Waals surface area contributed by atoms with Crippen molar-refractivity contribution in [3.05, 3.63) is 0 Å². The number of hydrogen-bond acceptors (Lipinski definition) is 1. The van der Waals surface area contributed by atoms with E-state index < -0.39 is 0 Å². The fourth-order valence-electron chi connectivity index (χ4n) is 2.20. The van der Waals surface area contributed by atoms with Crippen LogP contribution in [-0.2, 0) is 0 Å².